The Morgan fingerprint density at radius 1 is 0.926 bits per heavy atom. The van der Waals surface area contributed by atoms with E-state index in [1.807, 2.05) is 6.07 Å². The normalized spacial score (nSPS) is 23.3. The highest BCUT2D eigenvalue weighted by Crippen LogP contribution is 2.37. The maximum atomic E-state index is 6.17. The molecule has 3 aliphatic rings. The van der Waals surface area contributed by atoms with Gasteiger partial charge in [0.25, 0.3) is 0 Å². The number of nitrogens with one attached hydrogen (secondary N) is 1. The van der Waals surface area contributed by atoms with E-state index in [0.717, 1.165) is 24.3 Å². The van der Waals surface area contributed by atoms with Crippen LogP contribution in [0.4, 0.5) is 5.69 Å². The second kappa shape index (κ2) is 8.42. The SMILES string of the molecule is C1CCNC1.COc1cc(B2OC(C)(C)C(C)(C)O2)cc(N2CCCC2)c1. The van der Waals surface area contributed by atoms with Crippen LogP contribution in [0.15, 0.2) is 18.2 Å². The Bertz CT molecular complexity index is 602. The molecule has 1 N–H and O–H groups in total. The van der Waals surface area contributed by atoms with Crippen LogP contribution in [0.1, 0.15) is 53.4 Å². The van der Waals surface area contributed by atoms with Crippen molar-refractivity contribution in [2.24, 2.45) is 0 Å². The highest BCUT2D eigenvalue weighted by molar-refractivity contribution is 6.62. The van der Waals surface area contributed by atoms with Crippen molar-refractivity contribution in [3.63, 3.8) is 0 Å². The lowest BCUT2D eigenvalue weighted by molar-refractivity contribution is 0.00578. The zero-order valence-corrected chi connectivity index (χ0v) is 17.6. The van der Waals surface area contributed by atoms with Crippen molar-refractivity contribution in [2.75, 3.05) is 38.2 Å². The highest BCUT2D eigenvalue weighted by atomic mass is 16.7. The van der Waals surface area contributed by atoms with E-state index in [-0.39, 0.29) is 18.3 Å². The molecule has 1 aromatic carbocycles. The van der Waals surface area contributed by atoms with Gasteiger partial charge in [-0.25, -0.2) is 0 Å². The Hall–Kier alpha value is -1.24. The quantitative estimate of drug-likeness (QED) is 0.824. The molecule has 0 aliphatic carbocycles. The number of hydrogen-bond acceptors (Lipinski definition) is 5. The lowest BCUT2D eigenvalue weighted by Gasteiger charge is -2.32. The van der Waals surface area contributed by atoms with Gasteiger partial charge in [0, 0.05) is 24.8 Å². The van der Waals surface area contributed by atoms with Gasteiger partial charge in [-0.15, -0.1) is 0 Å². The van der Waals surface area contributed by atoms with E-state index in [9.17, 15) is 0 Å². The summed E-state index contributed by atoms with van der Waals surface area (Å²) in [5, 5.41) is 3.22. The van der Waals surface area contributed by atoms with Crippen LogP contribution in [0.3, 0.4) is 0 Å². The van der Waals surface area contributed by atoms with Gasteiger partial charge in [0.05, 0.1) is 18.3 Å². The molecule has 3 aliphatic heterocycles. The fourth-order valence-electron chi connectivity index (χ4n) is 3.62. The summed E-state index contributed by atoms with van der Waals surface area (Å²) in [6.45, 7) is 13.0. The minimum Gasteiger partial charge on any atom is -0.497 e. The van der Waals surface area contributed by atoms with E-state index in [1.165, 1.54) is 44.5 Å². The van der Waals surface area contributed by atoms with Crippen molar-refractivity contribution in [3.05, 3.63) is 18.2 Å². The highest BCUT2D eigenvalue weighted by Gasteiger charge is 2.51. The number of nitrogens with zero attached hydrogens (tertiary/aromatic N) is 1. The Morgan fingerprint density at radius 3 is 2.00 bits per heavy atom. The average molecular weight is 374 g/mol. The molecule has 0 aromatic heterocycles. The van der Waals surface area contributed by atoms with E-state index in [0.29, 0.717) is 0 Å². The average Bonchev–Trinajstić information content (AvgIpc) is 3.38. The lowest BCUT2D eigenvalue weighted by Crippen LogP contribution is -2.41. The van der Waals surface area contributed by atoms with Gasteiger partial charge in [0.15, 0.2) is 0 Å². The molecule has 0 spiro atoms. The molecule has 3 saturated heterocycles. The van der Waals surface area contributed by atoms with E-state index < -0.39 is 0 Å². The van der Waals surface area contributed by atoms with Crippen LogP contribution in [0, 0.1) is 0 Å². The first-order chi connectivity index (χ1) is 12.8. The predicted octanol–water partition coefficient (Wildman–Crippen LogP) is 2.96. The molecule has 0 unspecified atom stereocenters. The smallest absolute Gasteiger partial charge is 0.495 e. The third-order valence-corrected chi connectivity index (χ3v) is 6.10. The largest absolute Gasteiger partial charge is 0.497 e. The predicted molar refractivity (Wildman–Crippen MR) is 112 cm³/mol. The zero-order valence-electron chi connectivity index (χ0n) is 17.6. The van der Waals surface area contributed by atoms with Gasteiger partial charge in [-0.3, -0.25) is 0 Å². The van der Waals surface area contributed by atoms with Gasteiger partial charge in [-0.1, -0.05) is 0 Å². The molecule has 0 bridgehead atoms. The van der Waals surface area contributed by atoms with Gasteiger partial charge < -0.3 is 24.3 Å². The first-order valence-corrected chi connectivity index (χ1v) is 10.3. The minimum absolute atomic E-state index is 0.325. The van der Waals surface area contributed by atoms with Crippen LogP contribution < -0.4 is 20.4 Å². The van der Waals surface area contributed by atoms with Gasteiger partial charge in [-0.2, -0.15) is 0 Å². The van der Waals surface area contributed by atoms with Crippen LogP contribution in [0.5, 0.6) is 5.75 Å². The summed E-state index contributed by atoms with van der Waals surface area (Å²) in [6, 6.07) is 6.29. The molecule has 0 atom stereocenters. The van der Waals surface area contributed by atoms with Crippen molar-refractivity contribution in [1.82, 2.24) is 5.32 Å². The fourth-order valence-corrected chi connectivity index (χ4v) is 3.62. The summed E-state index contributed by atoms with van der Waals surface area (Å²) in [6.07, 6.45) is 5.28. The van der Waals surface area contributed by atoms with Crippen LogP contribution in [-0.4, -0.2) is 51.6 Å². The van der Waals surface area contributed by atoms with Gasteiger partial charge in [0.1, 0.15) is 5.75 Å². The van der Waals surface area contributed by atoms with Crippen molar-refractivity contribution in [1.29, 1.82) is 0 Å². The number of rotatable bonds is 3. The summed E-state index contributed by atoms with van der Waals surface area (Å²) in [4.78, 5) is 2.40. The Morgan fingerprint density at radius 2 is 1.52 bits per heavy atom. The van der Waals surface area contributed by atoms with Gasteiger partial charge in [0.2, 0.25) is 0 Å². The number of hydrogen-bond donors (Lipinski definition) is 1. The molecule has 3 heterocycles. The summed E-state index contributed by atoms with van der Waals surface area (Å²) >= 11 is 0. The third kappa shape index (κ3) is 4.79. The molecular formula is C21H35BN2O3. The standard InChI is InChI=1S/C17H26BNO3.C4H9N/c1-16(2)17(3,4)22-18(21-16)13-10-14(12-15(11-13)20-5)19-8-6-7-9-19;1-2-4-5-3-1/h10-12H,6-9H2,1-5H3;5H,1-4H2. The summed E-state index contributed by atoms with van der Waals surface area (Å²) in [5.41, 5.74) is 1.57. The molecule has 6 heteroatoms. The Labute approximate surface area is 164 Å². The van der Waals surface area contributed by atoms with Crippen molar-refractivity contribution in [3.8, 4) is 5.75 Å². The lowest BCUT2D eigenvalue weighted by atomic mass is 9.78. The zero-order chi connectivity index (χ0) is 19.5. The molecular weight excluding hydrogens is 339 g/mol. The molecule has 150 valence electrons. The summed E-state index contributed by atoms with van der Waals surface area (Å²) in [5.74, 6) is 0.856. The number of benzene rings is 1. The molecule has 4 rings (SSSR count). The van der Waals surface area contributed by atoms with E-state index in [1.54, 1.807) is 7.11 Å². The van der Waals surface area contributed by atoms with Crippen LogP contribution in [0.25, 0.3) is 0 Å². The van der Waals surface area contributed by atoms with Crippen LogP contribution >= 0.6 is 0 Å². The molecule has 5 nitrogen and oxygen atoms in total. The molecule has 0 amide bonds. The second-order valence-electron chi connectivity index (χ2n) is 8.70. The molecule has 0 radical (unpaired) electrons. The monoisotopic (exact) mass is 374 g/mol. The van der Waals surface area contributed by atoms with Crippen LogP contribution in [0.2, 0.25) is 0 Å². The summed E-state index contributed by atoms with van der Waals surface area (Å²) in [7, 11) is 1.36. The number of methoxy groups -OCH3 is 1. The number of anilines is 1. The summed E-state index contributed by atoms with van der Waals surface area (Å²) < 4.78 is 17.8. The topological polar surface area (TPSA) is 43.0 Å². The van der Waals surface area contributed by atoms with Gasteiger partial charge in [-0.05, 0) is 84.1 Å². The first-order valence-electron chi connectivity index (χ1n) is 10.3. The molecule has 1 aromatic rings. The maximum Gasteiger partial charge on any atom is 0.495 e. The Kier molecular flexibility index (Phi) is 6.39. The van der Waals surface area contributed by atoms with E-state index >= 15 is 0 Å². The number of ether oxygens (including phenoxy) is 1. The van der Waals surface area contributed by atoms with E-state index in [2.05, 4.69) is 50.0 Å². The second-order valence-corrected chi connectivity index (χ2v) is 8.70. The van der Waals surface area contributed by atoms with Crippen LogP contribution in [-0.2, 0) is 9.31 Å². The third-order valence-electron chi connectivity index (χ3n) is 6.10. The van der Waals surface area contributed by atoms with Gasteiger partial charge >= 0.3 is 7.12 Å². The first kappa shape index (κ1) is 20.5. The molecule has 3 fully saturated rings. The fraction of sp³-hybridized carbons (Fsp3) is 0.714. The Balaban J connectivity index is 0.000000364. The van der Waals surface area contributed by atoms with Crippen molar-refractivity contribution >= 4 is 18.3 Å². The van der Waals surface area contributed by atoms with Crippen molar-refractivity contribution < 1.29 is 14.0 Å². The minimum atomic E-state index is -0.346. The maximum absolute atomic E-state index is 6.17. The molecule has 27 heavy (non-hydrogen) atoms. The molecule has 0 saturated carbocycles. The van der Waals surface area contributed by atoms with E-state index in [4.69, 9.17) is 14.0 Å². The van der Waals surface area contributed by atoms with Crippen molar-refractivity contribution in [2.45, 2.75) is 64.6 Å².